The third-order valence-electron chi connectivity index (χ3n) is 16.9. The van der Waals surface area contributed by atoms with Crippen molar-refractivity contribution in [1.29, 1.82) is 0 Å². The van der Waals surface area contributed by atoms with E-state index in [-0.39, 0.29) is 70.0 Å². The maximum Gasteiger partial charge on any atom is 0.263 e. The minimum absolute atomic E-state index is 0.0102. The number of aromatic nitrogens is 5. The van der Waals surface area contributed by atoms with Crippen molar-refractivity contribution in [3.8, 4) is 0 Å². The predicted molar refractivity (Wildman–Crippen MR) is 301 cm³/mol. The number of carbonyl (C=O) groups excluding carboxylic acids is 6. The first-order valence-corrected chi connectivity index (χ1v) is 29.6. The third-order valence-corrected chi connectivity index (χ3v) is 17.9. The van der Waals surface area contributed by atoms with Crippen LogP contribution in [0.4, 0.5) is 10.1 Å². The maximum absolute atomic E-state index is 14.5. The van der Waals surface area contributed by atoms with Crippen molar-refractivity contribution in [2.24, 2.45) is 5.92 Å². The molecule has 2 saturated heterocycles. The van der Waals surface area contributed by atoms with Crippen LogP contribution in [0.2, 0.25) is 0 Å². The van der Waals surface area contributed by atoms with E-state index in [1.807, 2.05) is 23.2 Å². The molecule has 4 aromatic heterocycles. The molecular weight excluding hydrogens is 1020 g/mol. The van der Waals surface area contributed by atoms with Gasteiger partial charge in [0, 0.05) is 86.9 Å². The molecule has 17 nitrogen and oxygen atoms in total. The van der Waals surface area contributed by atoms with Gasteiger partial charge in [0.2, 0.25) is 29.4 Å². The first-order valence-electron chi connectivity index (χ1n) is 28.7. The van der Waals surface area contributed by atoms with E-state index >= 15 is 0 Å². The van der Waals surface area contributed by atoms with Crippen molar-refractivity contribution in [3.05, 3.63) is 109 Å². The standard InChI is InChI=1S/C60H75FN10O7S/c1-38-47-36-63-50(65-56(47)71(45-18-13-14-19-45)59(77)53(38)40(3)72)34-44-27-28-46(35-62-44)68-30-32-69(33-31-68)52(74)22-12-7-5-6-11-21-51(73)67(4)39(2)57(76)66-54(41-16-9-8-10-17-41)60(78)70-29-15-20-49(70)58-64-48(37-79-58)55(75)42-23-25-43(61)26-24-42/h23-28,35-37,39,41,45,49,54H,5-22,29-34H2,1-4H3,(H,66,76)/t39-,49-,54-/m0/s1. The Labute approximate surface area is 465 Å². The van der Waals surface area contributed by atoms with Crippen molar-refractivity contribution in [2.75, 3.05) is 44.7 Å². The number of ketones is 2. The number of halogens is 1. The number of Topliss-reactive ketones (excluding diaryl/α,β-unsaturated/α-hetero) is 1. The second-order valence-electron chi connectivity index (χ2n) is 22.2. The fourth-order valence-corrected chi connectivity index (χ4v) is 13.1. The van der Waals surface area contributed by atoms with Crippen LogP contribution in [0.3, 0.4) is 0 Å². The molecule has 0 radical (unpaired) electrons. The Balaban J connectivity index is 0.682. The van der Waals surface area contributed by atoms with Gasteiger partial charge in [-0.15, -0.1) is 11.3 Å². The smallest absolute Gasteiger partial charge is 0.263 e. The monoisotopic (exact) mass is 1100 g/mol. The van der Waals surface area contributed by atoms with E-state index in [9.17, 15) is 38.0 Å². The van der Waals surface area contributed by atoms with E-state index in [4.69, 9.17) is 9.97 Å². The van der Waals surface area contributed by atoms with E-state index < -0.39 is 17.9 Å². The molecule has 1 aromatic carbocycles. The molecule has 2 saturated carbocycles. The molecule has 420 valence electrons. The highest BCUT2D eigenvalue weighted by Gasteiger charge is 2.41. The minimum atomic E-state index is -0.784. The summed E-state index contributed by atoms with van der Waals surface area (Å²) in [5, 5.41) is 6.17. The van der Waals surface area contributed by atoms with Gasteiger partial charge >= 0.3 is 0 Å². The molecule has 2 aliphatic carbocycles. The lowest BCUT2D eigenvalue weighted by Crippen LogP contribution is -2.56. The van der Waals surface area contributed by atoms with Crippen LogP contribution < -0.4 is 15.8 Å². The zero-order valence-electron chi connectivity index (χ0n) is 46.2. The molecule has 5 aromatic rings. The molecular formula is C60H75FN10O7S. The fourth-order valence-electron chi connectivity index (χ4n) is 12.1. The summed E-state index contributed by atoms with van der Waals surface area (Å²) in [6, 6.07) is 7.52. The lowest BCUT2D eigenvalue weighted by molar-refractivity contribution is -0.142. The van der Waals surface area contributed by atoms with Crippen molar-refractivity contribution in [1.82, 2.24) is 44.5 Å². The Morgan fingerprint density at radius 3 is 2.19 bits per heavy atom. The number of likely N-dealkylation sites (tertiary alicyclic amines) is 1. The van der Waals surface area contributed by atoms with E-state index in [0.29, 0.717) is 92.4 Å². The number of benzene rings is 1. The molecule has 1 N–H and O–H groups in total. The van der Waals surface area contributed by atoms with Crippen molar-refractivity contribution in [2.45, 2.75) is 167 Å². The van der Waals surface area contributed by atoms with Crippen LogP contribution >= 0.6 is 11.3 Å². The van der Waals surface area contributed by atoms with Crippen LogP contribution in [0.15, 0.2) is 59.0 Å². The number of nitrogens with one attached hydrogen (secondary N) is 1. The molecule has 0 bridgehead atoms. The zero-order valence-corrected chi connectivity index (χ0v) is 47.0. The molecule has 19 heteroatoms. The van der Waals surface area contributed by atoms with E-state index in [1.54, 1.807) is 41.9 Å². The van der Waals surface area contributed by atoms with Gasteiger partial charge in [-0.2, -0.15) is 0 Å². The average Bonchev–Trinajstić information content (AvgIpc) is 4.43. The molecule has 4 amide bonds. The summed E-state index contributed by atoms with van der Waals surface area (Å²) >= 11 is 1.33. The number of aryl methyl sites for hydroxylation is 1. The predicted octanol–water partition coefficient (Wildman–Crippen LogP) is 8.89. The largest absolute Gasteiger partial charge is 0.367 e. The Hall–Kier alpha value is -6.76. The fraction of sp³-hybridized carbons (Fsp3) is 0.550. The lowest BCUT2D eigenvalue weighted by Gasteiger charge is -2.36. The zero-order chi connectivity index (χ0) is 55.7. The van der Waals surface area contributed by atoms with Crippen molar-refractivity contribution >= 4 is 63.3 Å². The van der Waals surface area contributed by atoms with Crippen LogP contribution in [0.1, 0.15) is 190 Å². The van der Waals surface area contributed by atoms with Crippen LogP contribution in [-0.4, -0.2) is 126 Å². The Bertz CT molecular complexity index is 3070. The molecule has 9 rings (SSSR count). The van der Waals surface area contributed by atoms with Gasteiger partial charge in [0.15, 0.2) is 5.78 Å². The maximum atomic E-state index is 14.5. The van der Waals surface area contributed by atoms with Gasteiger partial charge in [-0.3, -0.25) is 43.1 Å². The Morgan fingerprint density at radius 2 is 1.49 bits per heavy atom. The number of rotatable bonds is 21. The second kappa shape index (κ2) is 26.0. The average molecular weight is 1100 g/mol. The number of hydrogen-bond donors (Lipinski definition) is 1. The summed E-state index contributed by atoms with van der Waals surface area (Å²) in [5.41, 5.74) is 3.51. The van der Waals surface area contributed by atoms with Crippen molar-refractivity contribution < 1.29 is 33.2 Å². The van der Waals surface area contributed by atoms with Crippen molar-refractivity contribution in [3.63, 3.8) is 0 Å². The van der Waals surface area contributed by atoms with Crippen LogP contribution in [0.25, 0.3) is 11.0 Å². The summed E-state index contributed by atoms with van der Waals surface area (Å²) in [7, 11) is 1.64. The molecule has 79 heavy (non-hydrogen) atoms. The number of anilines is 1. The Morgan fingerprint density at radius 1 is 0.797 bits per heavy atom. The second-order valence-corrected chi connectivity index (χ2v) is 23.1. The number of hydrogen-bond acceptors (Lipinski definition) is 13. The van der Waals surface area contributed by atoms with Gasteiger partial charge < -0.3 is 24.9 Å². The van der Waals surface area contributed by atoms with Gasteiger partial charge in [-0.25, -0.2) is 19.3 Å². The molecule has 2 aliphatic heterocycles. The topological polar surface area (TPSA) is 201 Å². The lowest BCUT2D eigenvalue weighted by atomic mass is 9.83. The van der Waals surface area contributed by atoms with Crippen LogP contribution in [0, 0.1) is 18.7 Å². The highest BCUT2D eigenvalue weighted by Crippen LogP contribution is 2.37. The quantitative estimate of drug-likeness (QED) is 0.0541. The minimum Gasteiger partial charge on any atom is -0.367 e. The molecule has 0 spiro atoms. The molecule has 6 heterocycles. The highest BCUT2D eigenvalue weighted by atomic mass is 32.1. The molecule has 0 unspecified atom stereocenters. The van der Waals surface area contributed by atoms with Gasteiger partial charge in [0.1, 0.15) is 40.1 Å². The third kappa shape index (κ3) is 13.3. The number of amides is 4. The molecule has 4 fully saturated rings. The molecule has 4 aliphatic rings. The van der Waals surface area contributed by atoms with Gasteiger partial charge in [0.05, 0.1) is 29.9 Å². The Kier molecular flexibility index (Phi) is 18.7. The van der Waals surface area contributed by atoms with Gasteiger partial charge in [-0.05, 0) is 120 Å². The highest BCUT2D eigenvalue weighted by molar-refractivity contribution is 7.10. The molecule has 3 atom stereocenters. The summed E-state index contributed by atoms with van der Waals surface area (Å²) in [5.74, 6) is -0.968. The van der Waals surface area contributed by atoms with Crippen LogP contribution in [-0.2, 0) is 25.6 Å². The SMILES string of the molecule is CC(=O)c1c(C)c2cnc(Cc3ccc(N4CCN(C(=O)CCCCCCCC(=O)N(C)[C@@H](C)C(=O)N[C@H](C(=O)N5CCC[C@H]5c5nc(C(=O)c6ccc(F)cc6)cs5)C5CCCCC5)CC4)cn3)nc2n(C2CCCC2)c1=O. The number of thiazole rings is 1. The van der Waals surface area contributed by atoms with E-state index in [2.05, 4.69) is 20.2 Å². The first kappa shape index (κ1) is 56.9. The summed E-state index contributed by atoms with van der Waals surface area (Å²) in [6.45, 7) is 8.09. The van der Waals surface area contributed by atoms with E-state index in [0.717, 1.165) is 107 Å². The number of nitrogens with zero attached hydrogens (tertiary/aromatic N) is 9. The van der Waals surface area contributed by atoms with Crippen LogP contribution in [0.5, 0.6) is 0 Å². The number of carbonyl (C=O) groups is 6. The summed E-state index contributed by atoms with van der Waals surface area (Å²) in [6.07, 6.45) is 18.7. The summed E-state index contributed by atoms with van der Waals surface area (Å²) < 4.78 is 15.3. The van der Waals surface area contributed by atoms with Gasteiger partial charge in [0.25, 0.3) is 5.56 Å². The van der Waals surface area contributed by atoms with Gasteiger partial charge in [-0.1, -0.05) is 51.4 Å². The number of unbranched alkanes of at least 4 members (excludes halogenated alkanes) is 4. The number of piperazine rings is 1. The number of likely N-dealkylation sites (N-methyl/N-ethyl adjacent to an activating group) is 1. The first-order chi connectivity index (χ1) is 38.2. The summed E-state index contributed by atoms with van der Waals surface area (Å²) in [4.78, 5) is 121. The number of fused-ring (bicyclic) bond motifs is 1. The number of pyridine rings is 2. The van der Waals surface area contributed by atoms with E-state index in [1.165, 1.54) is 47.4 Å². The normalized spacial score (nSPS) is 18.0.